The quantitative estimate of drug-likeness (QED) is 0.539. The zero-order chi connectivity index (χ0) is 18.5. The van der Waals surface area contributed by atoms with E-state index in [1.807, 2.05) is 18.2 Å². The normalized spacial score (nSPS) is 11.7. The van der Waals surface area contributed by atoms with Crippen molar-refractivity contribution in [3.8, 4) is 5.82 Å². The first-order chi connectivity index (χ1) is 12.6. The van der Waals surface area contributed by atoms with E-state index < -0.39 is 23.6 Å². The topological polar surface area (TPSA) is 123 Å². The van der Waals surface area contributed by atoms with Gasteiger partial charge in [0, 0.05) is 12.6 Å². The molecule has 4 N–H and O–H groups in total. The van der Waals surface area contributed by atoms with Crippen LogP contribution in [0.3, 0.4) is 0 Å². The molecule has 3 rings (SSSR count). The van der Waals surface area contributed by atoms with Gasteiger partial charge in [0.15, 0.2) is 0 Å². The fourth-order valence-corrected chi connectivity index (χ4v) is 2.58. The number of nitrogens with two attached hydrogens (primary N) is 1. The molecule has 2 amide bonds. The highest BCUT2D eigenvalue weighted by Gasteiger charge is 2.27. The van der Waals surface area contributed by atoms with Crippen molar-refractivity contribution in [3.05, 3.63) is 72.2 Å². The Morgan fingerprint density at radius 1 is 1.12 bits per heavy atom. The maximum absolute atomic E-state index is 12.7. The molecule has 3 aromatic rings. The van der Waals surface area contributed by atoms with E-state index >= 15 is 0 Å². The molecule has 0 aliphatic rings. The van der Waals surface area contributed by atoms with Gasteiger partial charge in [-0.15, -0.1) is 0 Å². The van der Waals surface area contributed by atoms with Crippen LogP contribution in [0.1, 0.15) is 16.1 Å². The summed E-state index contributed by atoms with van der Waals surface area (Å²) in [5.74, 6) is -1.88. The van der Waals surface area contributed by atoms with Gasteiger partial charge in [-0.25, -0.2) is 4.68 Å². The molecular weight excluding hydrogens is 334 g/mol. The lowest BCUT2D eigenvalue weighted by Gasteiger charge is -2.16. The number of rotatable bonds is 7. The van der Waals surface area contributed by atoms with E-state index in [1.54, 1.807) is 30.5 Å². The zero-order valence-electron chi connectivity index (χ0n) is 13.8. The molecule has 2 aromatic heterocycles. The molecule has 0 aliphatic carbocycles. The number of aromatic amines is 1. The highest BCUT2D eigenvalue weighted by molar-refractivity contribution is 6.38. The Bertz CT molecular complexity index is 915. The fourth-order valence-electron chi connectivity index (χ4n) is 2.58. The molecule has 0 bridgehead atoms. The Morgan fingerprint density at radius 3 is 2.54 bits per heavy atom. The van der Waals surface area contributed by atoms with Crippen molar-refractivity contribution in [1.29, 1.82) is 0 Å². The predicted octanol–water partition coefficient (Wildman–Crippen LogP) is 0.596. The summed E-state index contributed by atoms with van der Waals surface area (Å²) in [5, 5.41) is 6.69. The number of H-pyrrole nitrogens is 1. The Kier molecular flexibility index (Phi) is 4.93. The zero-order valence-corrected chi connectivity index (χ0v) is 13.8. The van der Waals surface area contributed by atoms with Crippen molar-refractivity contribution in [2.75, 3.05) is 0 Å². The summed E-state index contributed by atoms with van der Waals surface area (Å²) in [4.78, 5) is 39.1. The van der Waals surface area contributed by atoms with Crippen molar-refractivity contribution < 1.29 is 14.4 Å². The van der Waals surface area contributed by atoms with Gasteiger partial charge in [-0.05, 0) is 23.8 Å². The summed E-state index contributed by atoms with van der Waals surface area (Å²) < 4.78 is 1.41. The van der Waals surface area contributed by atoms with Crippen molar-refractivity contribution in [2.24, 2.45) is 5.73 Å². The SMILES string of the molecule is NC(=O)C(=O)C(Cc1ccccc1)NC(=O)c1ccnn1-c1ccc[nH]1. The first kappa shape index (κ1) is 17.2. The number of aromatic nitrogens is 3. The largest absolute Gasteiger partial charge is 0.363 e. The Morgan fingerprint density at radius 2 is 1.88 bits per heavy atom. The lowest BCUT2D eigenvalue weighted by Crippen LogP contribution is -2.47. The number of hydrogen-bond acceptors (Lipinski definition) is 4. The molecule has 0 saturated carbocycles. The number of amides is 2. The summed E-state index contributed by atoms with van der Waals surface area (Å²) in [7, 11) is 0. The smallest absolute Gasteiger partial charge is 0.287 e. The molecule has 132 valence electrons. The van der Waals surface area contributed by atoms with Crippen LogP contribution in [0.15, 0.2) is 60.9 Å². The average molecular weight is 351 g/mol. The number of ketones is 1. The maximum atomic E-state index is 12.7. The van der Waals surface area contributed by atoms with E-state index in [1.165, 1.54) is 16.9 Å². The summed E-state index contributed by atoms with van der Waals surface area (Å²) in [6.45, 7) is 0. The van der Waals surface area contributed by atoms with Crippen molar-refractivity contribution in [2.45, 2.75) is 12.5 Å². The molecule has 0 aliphatic heterocycles. The Labute approximate surface area is 149 Å². The lowest BCUT2D eigenvalue weighted by molar-refractivity contribution is -0.137. The molecular formula is C18H17N5O3. The van der Waals surface area contributed by atoms with Gasteiger partial charge < -0.3 is 16.0 Å². The van der Waals surface area contributed by atoms with E-state index in [4.69, 9.17) is 5.73 Å². The number of hydrogen-bond donors (Lipinski definition) is 3. The summed E-state index contributed by atoms with van der Waals surface area (Å²) >= 11 is 0. The number of carbonyl (C=O) groups is 3. The highest BCUT2D eigenvalue weighted by atomic mass is 16.2. The minimum Gasteiger partial charge on any atom is -0.363 e. The van der Waals surface area contributed by atoms with Crippen LogP contribution in [0.4, 0.5) is 0 Å². The molecule has 1 atom stereocenters. The van der Waals surface area contributed by atoms with E-state index in [0.717, 1.165) is 5.56 Å². The number of primary amides is 1. The van der Waals surface area contributed by atoms with Gasteiger partial charge >= 0.3 is 0 Å². The summed E-state index contributed by atoms with van der Waals surface area (Å²) in [5.41, 5.74) is 6.15. The van der Waals surface area contributed by atoms with Crippen LogP contribution in [0.25, 0.3) is 5.82 Å². The fraction of sp³-hybridized carbons (Fsp3) is 0.111. The van der Waals surface area contributed by atoms with Gasteiger partial charge in [-0.2, -0.15) is 5.10 Å². The van der Waals surface area contributed by atoms with Crippen molar-refractivity contribution in [1.82, 2.24) is 20.1 Å². The third kappa shape index (κ3) is 3.69. The first-order valence-corrected chi connectivity index (χ1v) is 7.92. The second kappa shape index (κ2) is 7.47. The molecule has 8 heteroatoms. The predicted molar refractivity (Wildman–Crippen MR) is 93.5 cm³/mol. The minimum absolute atomic E-state index is 0.158. The number of benzene rings is 1. The maximum Gasteiger partial charge on any atom is 0.287 e. The second-order valence-electron chi connectivity index (χ2n) is 5.63. The standard InChI is InChI=1S/C18H17N5O3/c19-17(25)16(24)13(11-12-5-2-1-3-6-12)22-18(26)14-8-10-21-23(14)15-7-4-9-20-15/h1-10,13,20H,11H2,(H2,19,25)(H,22,26). The number of nitrogens with zero attached hydrogens (tertiary/aromatic N) is 2. The number of Topliss-reactive ketones (excluding diaryl/α,β-unsaturated/α-hetero) is 1. The molecule has 0 fully saturated rings. The third-order valence-corrected chi connectivity index (χ3v) is 3.83. The lowest BCUT2D eigenvalue weighted by atomic mass is 10.0. The van der Waals surface area contributed by atoms with Crippen molar-refractivity contribution >= 4 is 17.6 Å². The second-order valence-corrected chi connectivity index (χ2v) is 5.63. The van der Waals surface area contributed by atoms with Crippen LogP contribution in [0, 0.1) is 0 Å². The number of carbonyl (C=O) groups excluding carboxylic acids is 3. The molecule has 0 radical (unpaired) electrons. The van der Waals surface area contributed by atoms with Crippen LogP contribution in [-0.2, 0) is 16.0 Å². The van der Waals surface area contributed by atoms with Crippen LogP contribution in [0.2, 0.25) is 0 Å². The van der Waals surface area contributed by atoms with Gasteiger partial charge in [0.25, 0.3) is 11.8 Å². The molecule has 0 saturated heterocycles. The molecule has 0 spiro atoms. The summed E-state index contributed by atoms with van der Waals surface area (Å²) in [6, 6.07) is 13.0. The van der Waals surface area contributed by atoms with E-state index in [0.29, 0.717) is 5.82 Å². The van der Waals surface area contributed by atoms with Crippen LogP contribution < -0.4 is 11.1 Å². The van der Waals surface area contributed by atoms with Crippen molar-refractivity contribution in [3.63, 3.8) is 0 Å². The molecule has 26 heavy (non-hydrogen) atoms. The van der Waals surface area contributed by atoms with Crippen LogP contribution in [0.5, 0.6) is 0 Å². The summed E-state index contributed by atoms with van der Waals surface area (Å²) in [6.07, 6.45) is 3.33. The van der Waals surface area contributed by atoms with Gasteiger partial charge in [0.1, 0.15) is 17.6 Å². The van der Waals surface area contributed by atoms with Gasteiger partial charge in [0.05, 0.1) is 6.20 Å². The number of nitrogens with one attached hydrogen (secondary N) is 2. The van der Waals surface area contributed by atoms with Gasteiger partial charge in [-0.1, -0.05) is 30.3 Å². The van der Waals surface area contributed by atoms with E-state index in [-0.39, 0.29) is 12.1 Å². The minimum atomic E-state index is -1.09. The molecule has 8 nitrogen and oxygen atoms in total. The van der Waals surface area contributed by atoms with E-state index in [9.17, 15) is 14.4 Å². The van der Waals surface area contributed by atoms with E-state index in [2.05, 4.69) is 15.4 Å². The van der Waals surface area contributed by atoms with Crippen LogP contribution >= 0.6 is 0 Å². The third-order valence-electron chi connectivity index (χ3n) is 3.83. The average Bonchev–Trinajstić information content (AvgIpc) is 3.32. The Balaban J connectivity index is 1.83. The Hall–Kier alpha value is -3.68. The van der Waals surface area contributed by atoms with Gasteiger partial charge in [-0.3, -0.25) is 14.4 Å². The van der Waals surface area contributed by atoms with Crippen LogP contribution in [-0.4, -0.2) is 38.4 Å². The molecule has 1 aromatic carbocycles. The first-order valence-electron chi connectivity index (χ1n) is 7.92. The molecule has 2 heterocycles. The monoisotopic (exact) mass is 351 g/mol. The molecule has 1 unspecified atom stereocenters. The highest BCUT2D eigenvalue weighted by Crippen LogP contribution is 2.10. The van der Waals surface area contributed by atoms with Gasteiger partial charge in [0.2, 0.25) is 5.78 Å².